The number of aryl methyl sites for hydroxylation is 1. The molecule has 9 nitrogen and oxygen atoms in total. The first kappa shape index (κ1) is 23.3. The molecule has 1 aliphatic rings. The molecule has 0 spiro atoms. The molecule has 3 unspecified atom stereocenters. The molecule has 0 aromatic carbocycles. The number of hydrogen-bond donors (Lipinski definition) is 2. The van der Waals surface area contributed by atoms with E-state index in [1.165, 1.54) is 10.8 Å². The number of rotatable bonds is 10. The minimum atomic E-state index is -3.43. The SMILES string of the molecule is CCCCCCN(C)P(=O)(Cl)OCC1CNCC(n2cc(C)c(=O)[nH]c2=O)O1. The predicted octanol–water partition coefficient (Wildman–Crippen LogP) is 2.21. The molecule has 2 heterocycles. The van der Waals surface area contributed by atoms with Gasteiger partial charge in [0.1, 0.15) is 0 Å². The van der Waals surface area contributed by atoms with Crippen LogP contribution in [0.1, 0.15) is 44.4 Å². The van der Waals surface area contributed by atoms with E-state index in [9.17, 15) is 14.2 Å². The molecule has 0 bridgehead atoms. The molecule has 1 aromatic heterocycles. The zero-order valence-electron chi connectivity index (χ0n) is 16.6. The molecule has 1 aliphatic heterocycles. The van der Waals surface area contributed by atoms with E-state index in [0.29, 0.717) is 25.2 Å². The summed E-state index contributed by atoms with van der Waals surface area (Å²) in [6.45, 7) is 1.82. The zero-order chi connectivity index (χ0) is 20.7. The second kappa shape index (κ2) is 10.7. The summed E-state index contributed by atoms with van der Waals surface area (Å²) in [5.74, 6) is 0. The largest absolute Gasteiger partial charge is 0.362 e. The Morgan fingerprint density at radius 2 is 2.11 bits per heavy atom. The highest BCUT2D eigenvalue weighted by molar-refractivity contribution is 7.83. The van der Waals surface area contributed by atoms with Gasteiger partial charge >= 0.3 is 12.6 Å². The molecule has 0 saturated carbocycles. The van der Waals surface area contributed by atoms with Crippen LogP contribution in [-0.2, 0) is 13.8 Å². The lowest BCUT2D eigenvalue weighted by atomic mass is 10.2. The molecule has 28 heavy (non-hydrogen) atoms. The van der Waals surface area contributed by atoms with Gasteiger partial charge in [-0.2, -0.15) is 0 Å². The van der Waals surface area contributed by atoms with Gasteiger partial charge in [-0.05, 0) is 31.6 Å². The number of halogens is 1. The molecule has 160 valence electrons. The number of aromatic nitrogens is 2. The molecule has 2 N–H and O–H groups in total. The zero-order valence-corrected chi connectivity index (χ0v) is 18.3. The van der Waals surface area contributed by atoms with Gasteiger partial charge in [-0.3, -0.25) is 18.9 Å². The molecule has 2 rings (SSSR count). The Morgan fingerprint density at radius 1 is 1.36 bits per heavy atom. The van der Waals surface area contributed by atoms with Crippen LogP contribution in [0.15, 0.2) is 15.8 Å². The lowest BCUT2D eigenvalue weighted by molar-refractivity contribution is -0.0933. The van der Waals surface area contributed by atoms with Crippen LogP contribution < -0.4 is 16.6 Å². The standard InChI is InChI=1S/C17H30ClN4O5P/c1-4-5-6-7-8-21(3)28(18,25)26-12-14-9-19-10-15(27-14)22-11-13(2)16(23)20-17(22)24/h11,14-15,19H,4-10,12H2,1-3H3,(H,20,23,24). The number of nitrogens with one attached hydrogen (secondary N) is 2. The summed E-state index contributed by atoms with van der Waals surface area (Å²) in [5, 5.41) is 3.16. The first-order chi connectivity index (χ1) is 13.2. The third kappa shape index (κ3) is 6.54. The summed E-state index contributed by atoms with van der Waals surface area (Å²) in [4.78, 5) is 25.8. The van der Waals surface area contributed by atoms with E-state index in [2.05, 4.69) is 17.2 Å². The van der Waals surface area contributed by atoms with E-state index in [4.69, 9.17) is 20.5 Å². The van der Waals surface area contributed by atoms with Gasteiger partial charge in [-0.15, -0.1) is 0 Å². The lowest BCUT2D eigenvalue weighted by Gasteiger charge is -2.32. The van der Waals surface area contributed by atoms with Crippen molar-refractivity contribution < 1.29 is 13.8 Å². The number of morpholine rings is 1. The van der Waals surface area contributed by atoms with E-state index < -0.39 is 30.5 Å². The van der Waals surface area contributed by atoms with Crippen molar-refractivity contribution in [2.24, 2.45) is 0 Å². The fourth-order valence-electron chi connectivity index (χ4n) is 2.91. The van der Waals surface area contributed by atoms with Gasteiger partial charge in [-0.25, -0.2) is 9.46 Å². The fourth-order valence-corrected chi connectivity index (χ4v) is 4.23. The van der Waals surface area contributed by atoms with Crippen molar-refractivity contribution in [1.29, 1.82) is 0 Å². The van der Waals surface area contributed by atoms with Gasteiger partial charge in [0.05, 0.1) is 12.7 Å². The first-order valence-corrected chi connectivity index (χ1v) is 12.1. The van der Waals surface area contributed by atoms with Gasteiger partial charge in [0, 0.05) is 31.4 Å². The van der Waals surface area contributed by atoms with Crippen LogP contribution >= 0.6 is 18.1 Å². The summed E-state index contributed by atoms with van der Waals surface area (Å²) in [7, 11) is 1.69. The second-order valence-electron chi connectivity index (χ2n) is 7.04. The molecular formula is C17H30ClN4O5P. The Bertz CT molecular complexity index is 798. The first-order valence-electron chi connectivity index (χ1n) is 9.58. The average Bonchev–Trinajstić information content (AvgIpc) is 2.66. The number of hydrogen-bond acceptors (Lipinski definition) is 6. The van der Waals surface area contributed by atoms with E-state index in [0.717, 1.165) is 25.7 Å². The average molecular weight is 437 g/mol. The number of aromatic amines is 1. The van der Waals surface area contributed by atoms with Crippen LogP contribution in [0.2, 0.25) is 0 Å². The van der Waals surface area contributed by atoms with Gasteiger partial charge in [0.15, 0.2) is 6.23 Å². The normalized spacial score (nSPS) is 22.3. The summed E-state index contributed by atoms with van der Waals surface area (Å²) in [5.41, 5.74) is -0.551. The molecule has 0 radical (unpaired) electrons. The number of nitrogens with zero attached hydrogens (tertiary/aromatic N) is 2. The van der Waals surface area contributed by atoms with Crippen molar-refractivity contribution in [2.45, 2.75) is 51.9 Å². The Labute approximate surface area is 169 Å². The van der Waals surface area contributed by atoms with Crippen molar-refractivity contribution in [1.82, 2.24) is 19.5 Å². The highest BCUT2D eigenvalue weighted by Crippen LogP contribution is 2.55. The van der Waals surface area contributed by atoms with Crippen molar-refractivity contribution in [3.63, 3.8) is 0 Å². The molecule has 1 aromatic rings. The Balaban J connectivity index is 1.91. The monoisotopic (exact) mass is 436 g/mol. The topological polar surface area (TPSA) is 106 Å². The van der Waals surface area contributed by atoms with Gasteiger partial charge in [-0.1, -0.05) is 26.2 Å². The maximum atomic E-state index is 12.6. The summed E-state index contributed by atoms with van der Waals surface area (Å²) in [6.07, 6.45) is 4.65. The minimum absolute atomic E-state index is 0.0284. The van der Waals surface area contributed by atoms with Crippen LogP contribution in [0.5, 0.6) is 0 Å². The Hall–Kier alpha value is -0.960. The van der Waals surface area contributed by atoms with Crippen LogP contribution in [0.25, 0.3) is 0 Å². The smallest absolute Gasteiger partial charge is 0.350 e. The highest BCUT2D eigenvalue weighted by Gasteiger charge is 2.30. The minimum Gasteiger partial charge on any atom is -0.350 e. The molecule has 1 fully saturated rings. The van der Waals surface area contributed by atoms with Gasteiger partial charge in [0.25, 0.3) is 5.56 Å². The molecule has 0 amide bonds. The van der Waals surface area contributed by atoms with Crippen LogP contribution in [-0.4, -0.2) is 53.6 Å². The van der Waals surface area contributed by atoms with E-state index in [-0.39, 0.29) is 6.61 Å². The number of H-pyrrole nitrogens is 1. The molecule has 3 atom stereocenters. The molecular weight excluding hydrogens is 407 g/mol. The van der Waals surface area contributed by atoms with E-state index in [1.54, 1.807) is 18.6 Å². The third-order valence-electron chi connectivity index (χ3n) is 4.66. The van der Waals surface area contributed by atoms with Crippen molar-refractivity contribution in [3.8, 4) is 0 Å². The maximum absolute atomic E-state index is 12.6. The molecule has 11 heteroatoms. The van der Waals surface area contributed by atoms with Crippen LogP contribution in [0.4, 0.5) is 0 Å². The predicted molar refractivity (Wildman–Crippen MR) is 109 cm³/mol. The van der Waals surface area contributed by atoms with Gasteiger partial charge in [0.2, 0.25) is 0 Å². The second-order valence-corrected chi connectivity index (χ2v) is 10.2. The van der Waals surface area contributed by atoms with Crippen LogP contribution in [0.3, 0.4) is 0 Å². The van der Waals surface area contributed by atoms with Crippen LogP contribution in [0, 0.1) is 6.92 Å². The number of ether oxygens (including phenoxy) is 1. The van der Waals surface area contributed by atoms with Crippen molar-refractivity contribution >= 4 is 18.1 Å². The Morgan fingerprint density at radius 3 is 2.82 bits per heavy atom. The summed E-state index contributed by atoms with van der Waals surface area (Å²) >= 11 is 6.12. The van der Waals surface area contributed by atoms with Gasteiger partial charge < -0.3 is 14.6 Å². The lowest BCUT2D eigenvalue weighted by Crippen LogP contribution is -2.47. The summed E-state index contributed by atoms with van der Waals surface area (Å²) < 4.78 is 26.9. The van der Waals surface area contributed by atoms with Crippen molar-refractivity contribution in [2.75, 3.05) is 33.3 Å². The fraction of sp³-hybridized carbons (Fsp3) is 0.765. The third-order valence-corrected chi connectivity index (χ3v) is 7.21. The summed E-state index contributed by atoms with van der Waals surface area (Å²) in [6, 6.07) is 0. The quantitative estimate of drug-likeness (QED) is 0.428. The molecule has 0 aliphatic carbocycles. The van der Waals surface area contributed by atoms with E-state index in [1.807, 2.05) is 0 Å². The number of unbranched alkanes of at least 4 members (excludes halogenated alkanes) is 3. The highest BCUT2D eigenvalue weighted by atomic mass is 35.7. The molecule has 1 saturated heterocycles. The Kier molecular flexibility index (Phi) is 8.92. The van der Waals surface area contributed by atoms with E-state index >= 15 is 0 Å². The maximum Gasteiger partial charge on any atom is 0.362 e. The van der Waals surface area contributed by atoms with Crippen molar-refractivity contribution in [3.05, 3.63) is 32.6 Å².